The van der Waals surface area contributed by atoms with Gasteiger partial charge in [0.05, 0.1) is 6.20 Å². The number of aryl methyl sites for hydroxylation is 3. The van der Waals surface area contributed by atoms with Crippen molar-refractivity contribution < 1.29 is 8.78 Å². The predicted molar refractivity (Wildman–Crippen MR) is 80.8 cm³/mol. The van der Waals surface area contributed by atoms with Gasteiger partial charge in [0, 0.05) is 23.7 Å². The molecule has 118 valence electrons. The molecule has 2 rings (SSSR count). The van der Waals surface area contributed by atoms with Gasteiger partial charge in [0.2, 0.25) is 0 Å². The number of nitrogens with zero attached hydrogens (tertiary/aromatic N) is 3. The van der Waals surface area contributed by atoms with Crippen LogP contribution < -0.4 is 5.56 Å². The summed E-state index contributed by atoms with van der Waals surface area (Å²) in [5, 5.41) is 3.92. The third kappa shape index (κ3) is 2.77. The van der Waals surface area contributed by atoms with Gasteiger partial charge in [0.25, 0.3) is 11.5 Å². The first-order valence-electron chi connectivity index (χ1n) is 7.11. The fraction of sp³-hybridized carbons (Fsp3) is 0.438. The topological polar surface area (TPSA) is 47.8 Å². The quantitative estimate of drug-likeness (QED) is 0.874. The standard InChI is InChI=1S/C16H19F2N3O/c1-6-12-13(16(5,17)18)8-19-21(15(12)22)14-10(3)7-9(2)11(4)20-14/h7-8H,6H2,1-5H3. The van der Waals surface area contributed by atoms with Crippen molar-refractivity contribution in [1.82, 2.24) is 14.8 Å². The Labute approximate surface area is 127 Å². The molecule has 0 aromatic carbocycles. The van der Waals surface area contributed by atoms with E-state index in [2.05, 4.69) is 10.1 Å². The zero-order valence-corrected chi connectivity index (χ0v) is 13.4. The summed E-state index contributed by atoms with van der Waals surface area (Å²) < 4.78 is 28.3. The Morgan fingerprint density at radius 1 is 1.23 bits per heavy atom. The Morgan fingerprint density at radius 2 is 1.86 bits per heavy atom. The highest BCUT2D eigenvalue weighted by Gasteiger charge is 2.30. The molecule has 0 radical (unpaired) electrons. The lowest BCUT2D eigenvalue weighted by molar-refractivity contribution is 0.0158. The minimum atomic E-state index is -3.09. The van der Waals surface area contributed by atoms with Crippen molar-refractivity contribution in [1.29, 1.82) is 0 Å². The van der Waals surface area contributed by atoms with Gasteiger partial charge in [-0.1, -0.05) is 13.0 Å². The molecule has 4 nitrogen and oxygen atoms in total. The highest BCUT2D eigenvalue weighted by atomic mass is 19.3. The van der Waals surface area contributed by atoms with Gasteiger partial charge in [-0.25, -0.2) is 13.8 Å². The molecule has 0 atom stereocenters. The van der Waals surface area contributed by atoms with Crippen LogP contribution >= 0.6 is 0 Å². The van der Waals surface area contributed by atoms with Crippen LogP contribution in [0.25, 0.3) is 5.82 Å². The summed E-state index contributed by atoms with van der Waals surface area (Å²) >= 11 is 0. The van der Waals surface area contributed by atoms with Crippen molar-refractivity contribution in [3.63, 3.8) is 0 Å². The van der Waals surface area contributed by atoms with Crippen LogP contribution in [0.4, 0.5) is 8.78 Å². The Balaban J connectivity index is 2.74. The normalized spacial score (nSPS) is 11.8. The monoisotopic (exact) mass is 307 g/mol. The second-order valence-electron chi connectivity index (χ2n) is 5.53. The Kier molecular flexibility index (Phi) is 4.13. The van der Waals surface area contributed by atoms with Crippen molar-refractivity contribution in [3.05, 3.63) is 50.6 Å². The van der Waals surface area contributed by atoms with E-state index in [-0.39, 0.29) is 17.5 Å². The van der Waals surface area contributed by atoms with Gasteiger partial charge < -0.3 is 0 Å². The van der Waals surface area contributed by atoms with Crippen LogP contribution in [0.3, 0.4) is 0 Å². The molecular formula is C16H19F2N3O. The molecule has 0 N–H and O–H groups in total. The van der Waals surface area contributed by atoms with Crippen molar-refractivity contribution in [2.45, 2.75) is 47.0 Å². The summed E-state index contributed by atoms with van der Waals surface area (Å²) in [4.78, 5) is 16.9. The van der Waals surface area contributed by atoms with E-state index >= 15 is 0 Å². The van der Waals surface area contributed by atoms with Crippen LogP contribution in [-0.4, -0.2) is 14.8 Å². The van der Waals surface area contributed by atoms with Gasteiger partial charge >= 0.3 is 0 Å². The van der Waals surface area contributed by atoms with E-state index in [0.717, 1.165) is 34.6 Å². The lowest BCUT2D eigenvalue weighted by atomic mass is 10.0. The first-order chi connectivity index (χ1) is 10.2. The first kappa shape index (κ1) is 16.3. The number of alkyl halides is 2. The molecule has 0 aliphatic carbocycles. The molecular weight excluding hydrogens is 288 g/mol. The molecule has 6 heteroatoms. The molecule has 22 heavy (non-hydrogen) atoms. The summed E-state index contributed by atoms with van der Waals surface area (Å²) in [7, 11) is 0. The largest absolute Gasteiger partial charge is 0.276 e. The summed E-state index contributed by atoms with van der Waals surface area (Å²) in [6, 6.07) is 1.90. The molecule has 0 saturated carbocycles. The minimum absolute atomic E-state index is 0.0712. The third-order valence-corrected chi connectivity index (χ3v) is 3.74. The van der Waals surface area contributed by atoms with E-state index in [1.54, 1.807) is 6.92 Å². The van der Waals surface area contributed by atoms with E-state index in [9.17, 15) is 13.6 Å². The van der Waals surface area contributed by atoms with Crippen LogP contribution in [0.1, 0.15) is 41.8 Å². The number of hydrogen-bond donors (Lipinski definition) is 0. The highest BCUT2D eigenvalue weighted by molar-refractivity contribution is 5.38. The van der Waals surface area contributed by atoms with Crippen LogP contribution in [-0.2, 0) is 12.3 Å². The Hall–Kier alpha value is -2.11. The van der Waals surface area contributed by atoms with Crippen molar-refractivity contribution in [2.75, 3.05) is 0 Å². The molecule has 0 aliphatic heterocycles. The van der Waals surface area contributed by atoms with Crippen molar-refractivity contribution in [3.8, 4) is 5.82 Å². The molecule has 2 heterocycles. The summed E-state index contributed by atoms with van der Waals surface area (Å²) in [6.45, 7) is 8.02. The third-order valence-electron chi connectivity index (χ3n) is 3.74. The predicted octanol–water partition coefficient (Wildman–Crippen LogP) is 3.23. The molecule has 0 aliphatic rings. The van der Waals surface area contributed by atoms with Gasteiger partial charge in [-0.15, -0.1) is 0 Å². The number of hydrogen-bond acceptors (Lipinski definition) is 3. The maximum absolute atomic E-state index is 13.6. The molecule has 0 saturated heterocycles. The van der Waals surface area contributed by atoms with Crippen LogP contribution in [0.2, 0.25) is 0 Å². The lowest BCUT2D eigenvalue weighted by Gasteiger charge is -2.16. The van der Waals surface area contributed by atoms with Crippen LogP contribution in [0, 0.1) is 20.8 Å². The second kappa shape index (κ2) is 5.59. The maximum atomic E-state index is 13.6. The molecule has 0 unspecified atom stereocenters. The zero-order chi connectivity index (χ0) is 16.7. The number of rotatable bonds is 3. The van der Waals surface area contributed by atoms with Gasteiger partial charge in [-0.3, -0.25) is 4.79 Å². The molecule has 2 aromatic rings. The Morgan fingerprint density at radius 3 is 2.41 bits per heavy atom. The summed E-state index contributed by atoms with van der Waals surface area (Å²) in [6.07, 6.45) is 1.28. The number of pyridine rings is 1. The number of halogens is 2. The van der Waals surface area contributed by atoms with Crippen molar-refractivity contribution >= 4 is 0 Å². The van der Waals surface area contributed by atoms with Gasteiger partial charge in [-0.05, 0) is 38.3 Å². The number of aromatic nitrogens is 3. The summed E-state index contributed by atoms with van der Waals surface area (Å²) in [5.41, 5.74) is 1.76. The molecule has 0 bridgehead atoms. The molecule has 0 amide bonds. The van der Waals surface area contributed by atoms with E-state index in [0.29, 0.717) is 5.82 Å². The first-order valence-corrected chi connectivity index (χ1v) is 7.11. The van der Waals surface area contributed by atoms with E-state index in [4.69, 9.17) is 0 Å². The smallest absolute Gasteiger partial charge is 0.267 e. The SMILES string of the molecule is CCc1c(C(C)(F)F)cnn(-c2nc(C)c(C)cc2C)c1=O. The molecule has 0 fully saturated rings. The highest BCUT2D eigenvalue weighted by Crippen LogP contribution is 2.28. The van der Waals surface area contributed by atoms with Crippen LogP contribution in [0.15, 0.2) is 17.1 Å². The Bertz CT molecular complexity index is 776. The zero-order valence-electron chi connectivity index (χ0n) is 13.4. The average Bonchev–Trinajstić information content (AvgIpc) is 2.42. The van der Waals surface area contributed by atoms with Gasteiger partial charge in [-0.2, -0.15) is 9.78 Å². The second-order valence-corrected chi connectivity index (χ2v) is 5.53. The fourth-order valence-electron chi connectivity index (χ4n) is 2.40. The molecule has 2 aromatic heterocycles. The van der Waals surface area contributed by atoms with Crippen molar-refractivity contribution in [2.24, 2.45) is 0 Å². The van der Waals surface area contributed by atoms with Gasteiger partial charge in [0.15, 0.2) is 5.82 Å². The van der Waals surface area contributed by atoms with Crippen LogP contribution in [0.5, 0.6) is 0 Å². The van der Waals surface area contributed by atoms with Gasteiger partial charge in [0.1, 0.15) is 0 Å². The van der Waals surface area contributed by atoms with E-state index in [1.165, 1.54) is 0 Å². The van der Waals surface area contributed by atoms with E-state index < -0.39 is 11.5 Å². The molecule has 0 spiro atoms. The fourth-order valence-corrected chi connectivity index (χ4v) is 2.40. The minimum Gasteiger partial charge on any atom is -0.267 e. The maximum Gasteiger partial charge on any atom is 0.276 e. The van der Waals surface area contributed by atoms with E-state index in [1.807, 2.05) is 26.8 Å². The summed E-state index contributed by atoms with van der Waals surface area (Å²) in [5.74, 6) is -2.71. The average molecular weight is 307 g/mol. The lowest BCUT2D eigenvalue weighted by Crippen LogP contribution is -2.30.